The molecule has 0 spiro atoms. The van der Waals surface area contributed by atoms with Gasteiger partial charge >= 0.3 is 5.69 Å². The number of benzene rings is 1. The van der Waals surface area contributed by atoms with Crippen molar-refractivity contribution in [2.45, 2.75) is 37.6 Å². The van der Waals surface area contributed by atoms with Gasteiger partial charge in [-0.1, -0.05) is 61.0 Å². The number of aryl methyl sites for hydroxylation is 1. The monoisotopic (exact) mass is 621 g/mol. The second kappa shape index (κ2) is 12.9. The van der Waals surface area contributed by atoms with E-state index in [9.17, 15) is 19.5 Å². The Labute approximate surface area is 259 Å². The van der Waals surface area contributed by atoms with Gasteiger partial charge in [0.05, 0.1) is 25.5 Å². The molecule has 1 aliphatic carbocycles. The molecule has 44 heavy (non-hydrogen) atoms. The third kappa shape index (κ3) is 5.88. The lowest BCUT2D eigenvalue weighted by atomic mass is 9.72. The van der Waals surface area contributed by atoms with Gasteiger partial charge in [-0.15, -0.1) is 0 Å². The molecule has 11 nitrogen and oxygen atoms in total. The molecular weight excluding hydrogens is 586 g/mol. The predicted molar refractivity (Wildman–Crippen MR) is 167 cm³/mol. The van der Waals surface area contributed by atoms with Crippen LogP contribution in [-0.2, 0) is 30.9 Å². The maximum atomic E-state index is 13.9. The van der Waals surface area contributed by atoms with Crippen molar-refractivity contribution in [2.24, 2.45) is 20.0 Å². The molecule has 3 heterocycles. The van der Waals surface area contributed by atoms with E-state index in [-0.39, 0.29) is 18.2 Å². The van der Waals surface area contributed by atoms with E-state index in [0.717, 1.165) is 21.3 Å². The first-order valence-corrected chi connectivity index (χ1v) is 14.7. The maximum Gasteiger partial charge on any atom is 0.330 e. The zero-order chi connectivity index (χ0) is 31.6. The van der Waals surface area contributed by atoms with Gasteiger partial charge in [-0.05, 0) is 29.7 Å². The van der Waals surface area contributed by atoms with E-state index >= 15 is 0 Å². The van der Waals surface area contributed by atoms with Gasteiger partial charge < -0.3 is 29.8 Å². The van der Waals surface area contributed by atoms with E-state index < -0.39 is 34.7 Å². The van der Waals surface area contributed by atoms with E-state index in [4.69, 9.17) is 26.1 Å². The topological polar surface area (TPSA) is 137 Å². The van der Waals surface area contributed by atoms with E-state index in [2.05, 4.69) is 10.6 Å². The van der Waals surface area contributed by atoms with Crippen LogP contribution in [0.4, 0.5) is 0 Å². The summed E-state index contributed by atoms with van der Waals surface area (Å²) in [6.07, 6.45) is 6.90. The third-order valence-corrected chi connectivity index (χ3v) is 8.75. The average molecular weight is 622 g/mol. The van der Waals surface area contributed by atoms with Crippen molar-refractivity contribution in [2.75, 3.05) is 20.3 Å². The molecule has 1 amide bonds. The molecule has 2 unspecified atom stereocenters. The quantitative estimate of drug-likeness (QED) is 0.349. The first-order chi connectivity index (χ1) is 21.1. The number of carbonyl (C=O) groups excluding carboxylic acids is 1. The highest BCUT2D eigenvalue weighted by atomic mass is 35.5. The lowest BCUT2D eigenvalue weighted by Crippen LogP contribution is -2.52. The highest BCUT2D eigenvalue weighted by Gasteiger charge is 2.43. The summed E-state index contributed by atoms with van der Waals surface area (Å²) in [6, 6.07) is 11.0. The van der Waals surface area contributed by atoms with E-state index in [1.165, 1.54) is 32.0 Å². The van der Waals surface area contributed by atoms with Crippen LogP contribution in [0.2, 0.25) is 5.02 Å². The number of nitrogens with zero attached hydrogens (tertiary/aromatic N) is 3. The van der Waals surface area contributed by atoms with Crippen molar-refractivity contribution in [3.63, 3.8) is 0 Å². The molecule has 4 atom stereocenters. The Hall–Kier alpha value is -4.03. The summed E-state index contributed by atoms with van der Waals surface area (Å²) in [7, 11) is 4.33. The molecule has 0 bridgehead atoms. The fourth-order valence-electron chi connectivity index (χ4n) is 5.81. The molecule has 12 heteroatoms. The number of aromatic nitrogens is 3. The van der Waals surface area contributed by atoms with Crippen molar-refractivity contribution in [1.82, 2.24) is 24.8 Å². The molecule has 2 aromatic heterocycles. The number of allylic oxidation sites excluding steroid dienone is 2. The van der Waals surface area contributed by atoms with Gasteiger partial charge in [0.2, 0.25) is 5.88 Å². The first kappa shape index (κ1) is 31.4. The Balaban J connectivity index is 1.57. The second-order valence-electron chi connectivity index (χ2n) is 11.1. The van der Waals surface area contributed by atoms with Crippen LogP contribution in [0.5, 0.6) is 5.88 Å². The Morgan fingerprint density at radius 3 is 2.73 bits per heavy atom. The van der Waals surface area contributed by atoms with Crippen LogP contribution in [0.25, 0.3) is 5.57 Å². The van der Waals surface area contributed by atoms with Crippen molar-refractivity contribution in [3.8, 4) is 5.88 Å². The van der Waals surface area contributed by atoms with Crippen LogP contribution in [-0.4, -0.2) is 57.6 Å². The molecule has 1 aliphatic heterocycles. The van der Waals surface area contributed by atoms with Gasteiger partial charge in [0.15, 0.2) is 0 Å². The Morgan fingerprint density at radius 2 is 2.00 bits per heavy atom. The molecule has 3 aromatic rings. The molecule has 5 rings (SSSR count). The minimum absolute atomic E-state index is 0.132. The van der Waals surface area contributed by atoms with Crippen LogP contribution in [0, 0.1) is 5.92 Å². The number of amides is 1. The van der Waals surface area contributed by atoms with Gasteiger partial charge in [-0.2, -0.15) is 0 Å². The molecule has 0 radical (unpaired) electrons. The SMILES string of the molecule is COc1nc(C2(NC(=O)c3cn(C)c(=O)n(C)c3=O)C=CC=C(c3ccccc3Cl)C2C)ccc1CN[C@H]1CCOC[C@H]1O. The number of pyridine rings is 1. The number of halogens is 1. The van der Waals surface area contributed by atoms with Crippen LogP contribution >= 0.6 is 11.6 Å². The maximum absolute atomic E-state index is 13.9. The van der Waals surface area contributed by atoms with E-state index in [1.54, 1.807) is 6.07 Å². The largest absolute Gasteiger partial charge is 0.481 e. The van der Waals surface area contributed by atoms with E-state index in [1.807, 2.05) is 55.5 Å². The summed E-state index contributed by atoms with van der Waals surface area (Å²) in [5.41, 5.74) is 0.204. The first-order valence-electron chi connectivity index (χ1n) is 14.3. The summed E-state index contributed by atoms with van der Waals surface area (Å²) in [4.78, 5) is 44.1. The van der Waals surface area contributed by atoms with Gasteiger partial charge in [0.25, 0.3) is 11.5 Å². The second-order valence-corrected chi connectivity index (χ2v) is 11.5. The highest BCUT2D eigenvalue weighted by molar-refractivity contribution is 6.32. The van der Waals surface area contributed by atoms with Gasteiger partial charge in [0.1, 0.15) is 11.1 Å². The summed E-state index contributed by atoms with van der Waals surface area (Å²) in [6.45, 7) is 3.18. The fraction of sp³-hybridized carbons (Fsp3) is 0.375. The number of ether oxygens (including phenoxy) is 2. The Kier molecular flexibility index (Phi) is 9.21. The molecule has 1 aromatic carbocycles. The lowest BCUT2D eigenvalue weighted by Gasteiger charge is -2.40. The molecule has 1 saturated heterocycles. The number of aliphatic hydroxyl groups excluding tert-OH is 1. The fourth-order valence-corrected chi connectivity index (χ4v) is 6.05. The zero-order valence-corrected chi connectivity index (χ0v) is 25.8. The van der Waals surface area contributed by atoms with Gasteiger partial charge in [-0.3, -0.25) is 14.2 Å². The molecular formula is C32H36ClN5O6. The van der Waals surface area contributed by atoms with Crippen molar-refractivity contribution in [1.29, 1.82) is 0 Å². The molecule has 1 fully saturated rings. The van der Waals surface area contributed by atoms with Gasteiger partial charge in [-0.25, -0.2) is 9.78 Å². The van der Waals surface area contributed by atoms with Crippen LogP contribution < -0.4 is 26.6 Å². The third-order valence-electron chi connectivity index (χ3n) is 8.42. The summed E-state index contributed by atoms with van der Waals surface area (Å²) >= 11 is 6.61. The van der Waals surface area contributed by atoms with Crippen molar-refractivity contribution < 1.29 is 19.4 Å². The molecule has 3 N–H and O–H groups in total. The smallest absolute Gasteiger partial charge is 0.330 e. The number of carbonyl (C=O) groups is 1. The van der Waals surface area contributed by atoms with Crippen molar-refractivity contribution in [3.05, 3.63) is 109 Å². The van der Waals surface area contributed by atoms with Crippen molar-refractivity contribution >= 4 is 23.1 Å². The lowest BCUT2D eigenvalue weighted by molar-refractivity contribution is -0.0281. The number of hydrogen-bond acceptors (Lipinski definition) is 8. The molecule has 2 aliphatic rings. The average Bonchev–Trinajstić information content (AvgIpc) is 3.02. The number of hydrogen-bond donors (Lipinski definition) is 3. The minimum atomic E-state index is -1.24. The minimum Gasteiger partial charge on any atom is -0.481 e. The Morgan fingerprint density at radius 1 is 1.23 bits per heavy atom. The number of rotatable bonds is 8. The summed E-state index contributed by atoms with van der Waals surface area (Å²) in [5.74, 6) is -0.734. The number of aliphatic hydroxyl groups is 1. The van der Waals surface area contributed by atoms with Crippen LogP contribution in [0.1, 0.15) is 40.5 Å². The number of methoxy groups -OCH3 is 1. The summed E-state index contributed by atoms with van der Waals surface area (Å²) in [5, 5.41) is 17.3. The Bertz CT molecular complexity index is 1750. The van der Waals surface area contributed by atoms with E-state index in [0.29, 0.717) is 36.2 Å². The van der Waals surface area contributed by atoms with Gasteiger partial charge in [0, 0.05) is 56.0 Å². The zero-order valence-electron chi connectivity index (χ0n) is 25.0. The molecule has 232 valence electrons. The molecule has 0 saturated carbocycles. The summed E-state index contributed by atoms with van der Waals surface area (Å²) < 4.78 is 13.1. The standard InChI is InChI=1S/C32H36ClN5O6/c1-19-21(22-8-5-6-10-24(22)33)9-7-14-32(19,36-28(40)23-17-37(2)31(42)38(3)30(23)41)27-12-11-20(29(35-27)43-4)16-34-25-13-15-44-18-26(25)39/h5-12,14,17,19,25-26,34,39H,13,15-16,18H2,1-4H3,(H,36,40)/t19?,25-,26+,32?/m0/s1. The number of nitrogens with one attached hydrogen (secondary N) is 2. The van der Waals surface area contributed by atoms with Crippen LogP contribution in [0.15, 0.2) is 70.4 Å². The van der Waals surface area contributed by atoms with Crippen LogP contribution in [0.3, 0.4) is 0 Å². The normalized spacial score (nSPS) is 23.2. The predicted octanol–water partition coefficient (Wildman–Crippen LogP) is 2.30. The highest BCUT2D eigenvalue weighted by Crippen LogP contribution is 2.44.